The molecule has 19 heavy (non-hydrogen) atoms. The first-order chi connectivity index (χ1) is 9.08. The van der Waals surface area contributed by atoms with Crippen molar-refractivity contribution in [1.82, 2.24) is 0 Å². The van der Waals surface area contributed by atoms with Crippen LogP contribution in [0.25, 0.3) is 0 Å². The summed E-state index contributed by atoms with van der Waals surface area (Å²) in [6.45, 7) is 1.68. The Balaban J connectivity index is 1.95. The van der Waals surface area contributed by atoms with Crippen LogP contribution in [0, 0.1) is 24.5 Å². The first-order valence-electron chi connectivity index (χ1n) is 7.17. The van der Waals surface area contributed by atoms with E-state index in [-0.39, 0.29) is 4.83 Å². The molecule has 0 radical (unpaired) electrons. The second-order valence-corrected chi connectivity index (χ2v) is 6.78. The monoisotopic (exact) mass is 330 g/mol. The minimum atomic E-state index is -0.465. The van der Waals surface area contributed by atoms with Crippen molar-refractivity contribution in [3.63, 3.8) is 0 Å². The van der Waals surface area contributed by atoms with E-state index in [1.54, 1.807) is 13.0 Å². The summed E-state index contributed by atoms with van der Waals surface area (Å²) in [5.41, 5.74) is 1.10. The van der Waals surface area contributed by atoms with E-state index in [0.29, 0.717) is 11.1 Å². The molecule has 2 rings (SSSR count). The molecule has 1 fully saturated rings. The number of halogens is 3. The fourth-order valence-electron chi connectivity index (χ4n) is 2.93. The maximum Gasteiger partial charge on any atom is 0.130 e. The highest BCUT2D eigenvalue weighted by Crippen LogP contribution is 2.35. The van der Waals surface area contributed by atoms with Gasteiger partial charge in [0.05, 0.1) is 0 Å². The van der Waals surface area contributed by atoms with Gasteiger partial charge >= 0.3 is 0 Å². The minimum absolute atomic E-state index is 0.00581. The van der Waals surface area contributed by atoms with Crippen molar-refractivity contribution >= 4 is 15.9 Å². The van der Waals surface area contributed by atoms with E-state index in [2.05, 4.69) is 15.9 Å². The Morgan fingerprint density at radius 1 is 1.16 bits per heavy atom. The third-order valence-corrected chi connectivity index (χ3v) is 5.12. The van der Waals surface area contributed by atoms with Crippen molar-refractivity contribution in [2.45, 2.75) is 56.7 Å². The van der Waals surface area contributed by atoms with Crippen molar-refractivity contribution in [2.24, 2.45) is 5.92 Å². The first kappa shape index (κ1) is 15.0. The van der Waals surface area contributed by atoms with Gasteiger partial charge in [-0.25, -0.2) is 8.78 Å². The SMILES string of the molecule is Cc1cc(C(Br)CCC2CCCCC2)c(F)cc1F. The molecule has 1 atom stereocenters. The highest BCUT2D eigenvalue weighted by atomic mass is 79.9. The van der Waals surface area contributed by atoms with Crippen molar-refractivity contribution in [3.05, 3.63) is 34.9 Å². The third-order valence-electron chi connectivity index (χ3n) is 4.17. The summed E-state index contributed by atoms with van der Waals surface area (Å²) in [7, 11) is 0. The molecule has 1 aromatic carbocycles. The largest absolute Gasteiger partial charge is 0.207 e. The molecule has 3 heteroatoms. The van der Waals surface area contributed by atoms with E-state index in [0.717, 1.165) is 24.8 Å². The van der Waals surface area contributed by atoms with Gasteiger partial charge in [-0.15, -0.1) is 0 Å². The van der Waals surface area contributed by atoms with Gasteiger partial charge in [-0.2, -0.15) is 0 Å². The molecule has 1 aliphatic carbocycles. The summed E-state index contributed by atoms with van der Waals surface area (Å²) in [5.74, 6) is -0.111. The van der Waals surface area contributed by atoms with Crippen LogP contribution in [0.4, 0.5) is 8.78 Å². The zero-order chi connectivity index (χ0) is 13.8. The van der Waals surface area contributed by atoms with E-state index < -0.39 is 11.6 Å². The minimum Gasteiger partial charge on any atom is -0.207 e. The topological polar surface area (TPSA) is 0 Å². The highest BCUT2D eigenvalue weighted by molar-refractivity contribution is 9.09. The van der Waals surface area contributed by atoms with Gasteiger partial charge in [0.1, 0.15) is 11.6 Å². The average molecular weight is 331 g/mol. The van der Waals surface area contributed by atoms with Crippen molar-refractivity contribution < 1.29 is 8.78 Å². The molecule has 0 N–H and O–H groups in total. The molecule has 0 amide bonds. The van der Waals surface area contributed by atoms with Crippen LogP contribution in [0.15, 0.2) is 12.1 Å². The molecular weight excluding hydrogens is 310 g/mol. The number of aryl methyl sites for hydroxylation is 1. The van der Waals surface area contributed by atoms with Crippen LogP contribution >= 0.6 is 15.9 Å². The normalized spacial score (nSPS) is 18.5. The molecule has 1 unspecified atom stereocenters. The van der Waals surface area contributed by atoms with E-state index in [1.165, 1.54) is 32.1 Å². The number of benzene rings is 1. The predicted octanol–water partition coefficient (Wildman–Crippen LogP) is 6.07. The van der Waals surface area contributed by atoms with Gasteiger partial charge in [-0.3, -0.25) is 0 Å². The van der Waals surface area contributed by atoms with E-state index in [4.69, 9.17) is 0 Å². The second-order valence-electron chi connectivity index (χ2n) is 5.67. The Labute approximate surface area is 122 Å². The lowest BCUT2D eigenvalue weighted by atomic mass is 9.85. The molecule has 1 aliphatic rings. The third kappa shape index (κ3) is 4.01. The Morgan fingerprint density at radius 3 is 2.53 bits per heavy atom. The van der Waals surface area contributed by atoms with Crippen LogP contribution in [0.5, 0.6) is 0 Å². The lowest BCUT2D eigenvalue weighted by Crippen LogP contribution is -2.07. The smallest absolute Gasteiger partial charge is 0.130 e. The number of alkyl halides is 1. The van der Waals surface area contributed by atoms with Crippen LogP contribution in [-0.4, -0.2) is 0 Å². The Morgan fingerprint density at radius 2 is 1.84 bits per heavy atom. The van der Waals surface area contributed by atoms with Crippen LogP contribution in [0.1, 0.15) is 60.9 Å². The molecule has 0 aromatic heterocycles. The van der Waals surface area contributed by atoms with Crippen LogP contribution in [0.2, 0.25) is 0 Å². The number of hydrogen-bond donors (Lipinski definition) is 0. The molecular formula is C16H21BrF2. The van der Waals surface area contributed by atoms with E-state index in [9.17, 15) is 8.78 Å². The van der Waals surface area contributed by atoms with Crippen molar-refractivity contribution in [1.29, 1.82) is 0 Å². The second kappa shape index (κ2) is 6.83. The van der Waals surface area contributed by atoms with E-state index in [1.807, 2.05) is 0 Å². The summed E-state index contributed by atoms with van der Waals surface area (Å²) < 4.78 is 27.0. The van der Waals surface area contributed by atoms with Gasteiger partial charge in [0.15, 0.2) is 0 Å². The van der Waals surface area contributed by atoms with Gasteiger partial charge in [-0.05, 0) is 37.3 Å². The molecule has 1 aromatic rings. The fourth-order valence-corrected chi connectivity index (χ4v) is 3.55. The van der Waals surface area contributed by atoms with E-state index >= 15 is 0 Å². The van der Waals surface area contributed by atoms with Gasteiger partial charge in [-0.1, -0.05) is 48.0 Å². The maximum atomic E-state index is 13.8. The number of hydrogen-bond acceptors (Lipinski definition) is 0. The number of rotatable bonds is 4. The van der Waals surface area contributed by atoms with Crippen molar-refractivity contribution in [3.8, 4) is 0 Å². The van der Waals surface area contributed by atoms with Gasteiger partial charge in [0.25, 0.3) is 0 Å². The summed E-state index contributed by atoms with van der Waals surface area (Å²) in [6.07, 6.45) is 8.71. The fraction of sp³-hybridized carbons (Fsp3) is 0.625. The molecule has 0 aliphatic heterocycles. The van der Waals surface area contributed by atoms with Gasteiger partial charge in [0.2, 0.25) is 0 Å². The highest BCUT2D eigenvalue weighted by Gasteiger charge is 2.18. The molecule has 0 nitrogen and oxygen atoms in total. The Hall–Kier alpha value is -0.440. The maximum absolute atomic E-state index is 13.8. The van der Waals surface area contributed by atoms with Crippen LogP contribution < -0.4 is 0 Å². The standard InChI is InChI=1S/C16H21BrF2/c1-11-9-13(16(19)10-15(11)18)14(17)8-7-12-5-3-2-4-6-12/h9-10,12,14H,2-8H2,1H3. The molecule has 0 saturated heterocycles. The molecule has 0 spiro atoms. The summed E-state index contributed by atoms with van der Waals surface area (Å²) >= 11 is 3.56. The first-order valence-corrected chi connectivity index (χ1v) is 8.09. The zero-order valence-corrected chi connectivity index (χ0v) is 13.0. The molecule has 0 heterocycles. The zero-order valence-electron chi connectivity index (χ0n) is 11.4. The lowest BCUT2D eigenvalue weighted by molar-refractivity contribution is 0.331. The Kier molecular flexibility index (Phi) is 5.37. The molecule has 106 valence electrons. The summed E-state index contributed by atoms with van der Waals surface area (Å²) in [5, 5.41) is 0. The Bertz CT molecular complexity index is 425. The molecule has 0 bridgehead atoms. The quantitative estimate of drug-likeness (QED) is 0.587. The summed E-state index contributed by atoms with van der Waals surface area (Å²) in [4.78, 5) is -0.00581. The van der Waals surface area contributed by atoms with Gasteiger partial charge in [0, 0.05) is 16.5 Å². The average Bonchev–Trinajstić information content (AvgIpc) is 2.41. The van der Waals surface area contributed by atoms with Gasteiger partial charge < -0.3 is 0 Å². The predicted molar refractivity (Wildman–Crippen MR) is 78.6 cm³/mol. The lowest BCUT2D eigenvalue weighted by Gasteiger charge is -2.22. The van der Waals surface area contributed by atoms with Crippen LogP contribution in [0.3, 0.4) is 0 Å². The van der Waals surface area contributed by atoms with Crippen molar-refractivity contribution in [2.75, 3.05) is 0 Å². The summed E-state index contributed by atoms with van der Waals surface area (Å²) in [6, 6.07) is 2.63. The van der Waals surface area contributed by atoms with Crippen LogP contribution in [-0.2, 0) is 0 Å². The molecule has 1 saturated carbocycles.